The first-order chi connectivity index (χ1) is 14.6. The summed E-state index contributed by atoms with van der Waals surface area (Å²) in [6, 6.07) is 4.80. The van der Waals surface area contributed by atoms with Crippen LogP contribution in [0, 0.1) is 11.7 Å². The van der Waals surface area contributed by atoms with Gasteiger partial charge in [-0.05, 0) is 37.0 Å². The molecule has 1 saturated carbocycles. The number of aromatic nitrogens is 3. The van der Waals surface area contributed by atoms with Crippen LogP contribution in [0.4, 0.5) is 9.39 Å². The van der Waals surface area contributed by atoms with Gasteiger partial charge in [0, 0.05) is 34.5 Å². The fraction of sp³-hybridized carbons (Fsp3) is 0.381. The Bertz CT molecular complexity index is 1170. The number of fused-ring (bicyclic) bond motifs is 5. The van der Waals surface area contributed by atoms with Gasteiger partial charge in [-0.2, -0.15) is 5.10 Å². The van der Waals surface area contributed by atoms with Crippen LogP contribution >= 0.6 is 22.9 Å². The molecule has 0 spiro atoms. The Labute approximate surface area is 181 Å². The van der Waals surface area contributed by atoms with Crippen LogP contribution < -0.4 is 4.90 Å². The topological polar surface area (TPSA) is 54.3 Å². The first-order valence-corrected chi connectivity index (χ1v) is 11.3. The Morgan fingerprint density at radius 1 is 1.33 bits per heavy atom. The summed E-state index contributed by atoms with van der Waals surface area (Å²) in [5.41, 5.74) is 2.93. The lowest BCUT2D eigenvalue weighted by atomic mass is 10.0. The Kier molecular flexibility index (Phi) is 4.14. The zero-order valence-corrected chi connectivity index (χ0v) is 17.7. The number of amides is 1. The molecule has 6 nitrogen and oxygen atoms in total. The van der Waals surface area contributed by atoms with Crippen LogP contribution in [-0.4, -0.2) is 32.1 Å². The minimum atomic E-state index is -0.309. The number of nitrogens with zero attached hydrogens (tertiary/aromatic N) is 5. The van der Waals surface area contributed by atoms with Crippen molar-refractivity contribution in [2.75, 3.05) is 11.4 Å². The Balaban J connectivity index is 1.38. The predicted octanol–water partition coefficient (Wildman–Crippen LogP) is 4.07. The molecule has 3 aliphatic rings. The number of carbonyl (C=O) groups excluding carboxylic acids is 1. The average molecular weight is 444 g/mol. The van der Waals surface area contributed by atoms with Gasteiger partial charge in [0.05, 0.1) is 12.1 Å². The number of thiophene rings is 1. The molecular weight excluding hydrogens is 425 g/mol. The minimum Gasteiger partial charge on any atom is -0.339 e. The van der Waals surface area contributed by atoms with E-state index in [0.29, 0.717) is 30.3 Å². The first-order valence-electron chi connectivity index (χ1n) is 10.1. The van der Waals surface area contributed by atoms with Crippen LogP contribution in [0.25, 0.3) is 11.4 Å². The molecule has 0 saturated heterocycles. The van der Waals surface area contributed by atoms with Crippen LogP contribution in [0.1, 0.15) is 28.8 Å². The van der Waals surface area contributed by atoms with Crippen LogP contribution in [0.2, 0.25) is 5.02 Å². The van der Waals surface area contributed by atoms with E-state index in [2.05, 4.69) is 15.0 Å². The molecule has 30 heavy (non-hydrogen) atoms. The third-order valence-electron chi connectivity index (χ3n) is 6.08. The van der Waals surface area contributed by atoms with Gasteiger partial charge in [0.2, 0.25) is 5.91 Å². The summed E-state index contributed by atoms with van der Waals surface area (Å²) in [5, 5.41) is 5.85. The lowest BCUT2D eigenvalue weighted by Crippen LogP contribution is -2.36. The zero-order valence-electron chi connectivity index (χ0n) is 16.1. The highest BCUT2D eigenvalue weighted by molar-refractivity contribution is 7.17. The summed E-state index contributed by atoms with van der Waals surface area (Å²) in [6.07, 6.45) is 4.43. The molecule has 2 aromatic heterocycles. The third-order valence-corrected chi connectivity index (χ3v) is 7.60. The van der Waals surface area contributed by atoms with E-state index >= 15 is 0 Å². The number of benzene rings is 1. The van der Waals surface area contributed by atoms with Crippen molar-refractivity contribution in [1.82, 2.24) is 19.7 Å². The molecule has 0 N–H and O–H groups in total. The predicted molar refractivity (Wildman–Crippen MR) is 113 cm³/mol. The van der Waals surface area contributed by atoms with E-state index in [1.807, 2.05) is 9.58 Å². The van der Waals surface area contributed by atoms with Crippen molar-refractivity contribution in [1.29, 1.82) is 0 Å². The van der Waals surface area contributed by atoms with Gasteiger partial charge in [0.15, 0.2) is 5.82 Å². The molecule has 0 atom stereocenters. The molecule has 3 aromatic rings. The molecule has 0 radical (unpaired) electrons. The van der Waals surface area contributed by atoms with Crippen molar-refractivity contribution in [2.45, 2.75) is 39.0 Å². The van der Waals surface area contributed by atoms with Gasteiger partial charge >= 0.3 is 0 Å². The minimum absolute atomic E-state index is 0.230. The Hall–Kier alpha value is -2.45. The number of hydrogen-bond acceptors (Lipinski definition) is 5. The average Bonchev–Trinajstić information content (AvgIpc) is 3.35. The second-order valence-corrected chi connectivity index (χ2v) is 9.65. The SMILES string of the molecule is O=C(C1CC1)N1CCc2c(sc3c2-c2ncnn2CN3Cc2ccc(Cl)cc2F)C1. The molecule has 9 heteroatoms. The summed E-state index contributed by atoms with van der Waals surface area (Å²) >= 11 is 7.62. The van der Waals surface area contributed by atoms with Crippen molar-refractivity contribution >= 4 is 33.8 Å². The second kappa shape index (κ2) is 6.78. The molecule has 1 fully saturated rings. The number of anilines is 1. The third kappa shape index (κ3) is 2.93. The molecule has 2 aliphatic heterocycles. The van der Waals surface area contributed by atoms with Crippen molar-refractivity contribution < 1.29 is 9.18 Å². The van der Waals surface area contributed by atoms with E-state index in [9.17, 15) is 9.18 Å². The normalized spacial score (nSPS) is 17.5. The van der Waals surface area contributed by atoms with Crippen LogP contribution in [0.15, 0.2) is 24.5 Å². The quantitative estimate of drug-likeness (QED) is 0.612. The number of rotatable bonds is 3. The van der Waals surface area contributed by atoms with Gasteiger partial charge in [-0.3, -0.25) is 4.79 Å². The van der Waals surface area contributed by atoms with Crippen molar-refractivity contribution in [3.63, 3.8) is 0 Å². The van der Waals surface area contributed by atoms with Gasteiger partial charge in [0.25, 0.3) is 0 Å². The highest BCUT2D eigenvalue weighted by atomic mass is 35.5. The van der Waals surface area contributed by atoms with Crippen molar-refractivity contribution in [2.24, 2.45) is 5.92 Å². The van der Waals surface area contributed by atoms with Crippen molar-refractivity contribution in [3.05, 3.63) is 51.4 Å². The zero-order chi connectivity index (χ0) is 20.4. The molecule has 6 rings (SSSR count). The van der Waals surface area contributed by atoms with E-state index in [0.717, 1.165) is 42.2 Å². The maximum absolute atomic E-state index is 14.5. The van der Waals surface area contributed by atoms with E-state index < -0.39 is 0 Å². The van der Waals surface area contributed by atoms with Crippen LogP contribution in [0.5, 0.6) is 0 Å². The summed E-state index contributed by atoms with van der Waals surface area (Å²) < 4.78 is 16.3. The monoisotopic (exact) mass is 443 g/mol. The van der Waals surface area contributed by atoms with E-state index in [1.54, 1.807) is 29.8 Å². The largest absolute Gasteiger partial charge is 0.339 e. The molecule has 1 aromatic carbocycles. The highest BCUT2D eigenvalue weighted by Gasteiger charge is 2.38. The molecular formula is C21H19ClFN5OS. The Morgan fingerprint density at radius 2 is 2.20 bits per heavy atom. The van der Waals surface area contributed by atoms with E-state index in [4.69, 9.17) is 11.6 Å². The molecule has 4 heterocycles. The molecule has 0 bridgehead atoms. The molecule has 1 amide bonds. The van der Waals surface area contributed by atoms with Gasteiger partial charge in [-0.25, -0.2) is 14.1 Å². The van der Waals surface area contributed by atoms with Crippen LogP contribution in [0.3, 0.4) is 0 Å². The summed E-state index contributed by atoms with van der Waals surface area (Å²) in [6.45, 7) is 2.32. The van der Waals surface area contributed by atoms with Crippen molar-refractivity contribution in [3.8, 4) is 11.4 Å². The molecule has 0 unspecified atom stereocenters. The summed E-state index contributed by atoms with van der Waals surface area (Å²) in [4.78, 5) is 22.4. The van der Waals surface area contributed by atoms with Gasteiger partial charge in [0.1, 0.15) is 23.8 Å². The van der Waals surface area contributed by atoms with Gasteiger partial charge in [-0.1, -0.05) is 17.7 Å². The van der Waals surface area contributed by atoms with Gasteiger partial charge < -0.3 is 9.80 Å². The van der Waals surface area contributed by atoms with E-state index in [-0.39, 0.29) is 17.6 Å². The fourth-order valence-electron chi connectivity index (χ4n) is 4.38. The fourth-order valence-corrected chi connectivity index (χ4v) is 5.89. The lowest BCUT2D eigenvalue weighted by Gasteiger charge is -2.30. The highest BCUT2D eigenvalue weighted by Crippen LogP contribution is 2.48. The second-order valence-electron chi connectivity index (χ2n) is 8.13. The maximum Gasteiger partial charge on any atom is 0.226 e. The number of carbonyl (C=O) groups is 1. The number of halogens is 2. The lowest BCUT2D eigenvalue weighted by molar-refractivity contribution is -0.133. The summed E-state index contributed by atoms with van der Waals surface area (Å²) in [5.74, 6) is 1.07. The first kappa shape index (κ1) is 18.3. The Morgan fingerprint density at radius 3 is 3.00 bits per heavy atom. The van der Waals surface area contributed by atoms with E-state index in [1.165, 1.54) is 16.5 Å². The smallest absolute Gasteiger partial charge is 0.226 e. The summed E-state index contributed by atoms with van der Waals surface area (Å²) in [7, 11) is 0. The maximum atomic E-state index is 14.5. The standard InChI is InChI=1S/C21H19ClFN5OS/c22-14-4-3-13(16(23)7-14)8-27-11-28-19(24-10-25-28)18-15-5-6-26(20(29)12-1-2-12)9-17(15)30-21(18)27/h3-4,7,10,12H,1-2,5-6,8-9,11H2. The number of hydrogen-bond donors (Lipinski definition) is 0. The van der Waals surface area contributed by atoms with Gasteiger partial charge in [-0.15, -0.1) is 11.3 Å². The molecule has 154 valence electrons. The van der Waals surface area contributed by atoms with Crippen LogP contribution in [-0.2, 0) is 31.0 Å². The molecule has 1 aliphatic carbocycles.